The lowest BCUT2D eigenvalue weighted by molar-refractivity contribution is -0.118. The van der Waals surface area contributed by atoms with Gasteiger partial charge in [0, 0.05) is 36.1 Å². The van der Waals surface area contributed by atoms with Gasteiger partial charge in [-0.3, -0.25) is 9.59 Å². The minimum Gasteiger partial charge on any atom is -0.326 e. The average molecular weight is 359 g/mol. The van der Waals surface area contributed by atoms with Crippen molar-refractivity contribution in [1.82, 2.24) is 9.55 Å². The molecule has 1 aromatic carbocycles. The van der Waals surface area contributed by atoms with E-state index in [2.05, 4.69) is 21.8 Å². The van der Waals surface area contributed by atoms with Crippen LogP contribution in [0.5, 0.6) is 0 Å². The first-order valence-corrected chi connectivity index (χ1v) is 9.43. The molecule has 1 atom stereocenters. The lowest BCUT2D eigenvalue weighted by Crippen LogP contribution is -2.18. The quantitative estimate of drug-likeness (QED) is 0.565. The highest BCUT2D eigenvalue weighted by atomic mass is 32.2. The Balaban J connectivity index is 2.01. The molecule has 1 amide bonds. The molecule has 1 N–H and O–H groups in total. The summed E-state index contributed by atoms with van der Waals surface area (Å²) >= 11 is 1.47. The molecule has 1 unspecified atom stereocenters. The van der Waals surface area contributed by atoms with Crippen molar-refractivity contribution in [2.45, 2.75) is 51.1 Å². The van der Waals surface area contributed by atoms with Gasteiger partial charge in [-0.2, -0.15) is 0 Å². The fourth-order valence-electron chi connectivity index (χ4n) is 2.28. The summed E-state index contributed by atoms with van der Waals surface area (Å²) in [7, 11) is 0. The van der Waals surface area contributed by atoms with Crippen LogP contribution in [0.15, 0.2) is 41.8 Å². The van der Waals surface area contributed by atoms with Crippen molar-refractivity contribution in [3.63, 3.8) is 0 Å². The van der Waals surface area contributed by atoms with Crippen LogP contribution < -0.4 is 5.32 Å². The maximum absolute atomic E-state index is 12.6. The number of hydrogen-bond donors (Lipinski definition) is 1. The Morgan fingerprint density at radius 2 is 1.88 bits per heavy atom. The molecule has 0 bridgehead atoms. The Bertz CT molecular complexity index is 723. The molecule has 0 aliphatic rings. The Morgan fingerprint density at radius 1 is 1.20 bits per heavy atom. The number of nitrogens with zero attached hydrogens (tertiary/aromatic N) is 2. The summed E-state index contributed by atoms with van der Waals surface area (Å²) in [5.41, 5.74) is 1.34. The first-order valence-electron chi connectivity index (χ1n) is 8.55. The van der Waals surface area contributed by atoms with Gasteiger partial charge in [0.2, 0.25) is 5.91 Å². The smallest absolute Gasteiger partial charge is 0.226 e. The molecule has 1 heterocycles. The Kier molecular flexibility index (Phi) is 6.82. The number of nitrogens with one attached hydrogen (secondary N) is 1. The van der Waals surface area contributed by atoms with E-state index in [1.807, 2.05) is 27.0 Å². The molecule has 5 nitrogen and oxygen atoms in total. The standard InChI is InChI=1S/C19H25N3O2S/c1-5-11-22-12-10-20-19(22)25-14(4)17(23)15-6-8-16(9-7-15)21-18(24)13(2)3/h6-10,12-14H,5,11H2,1-4H3,(H,21,24). The minimum absolute atomic E-state index is 0.0363. The zero-order chi connectivity index (χ0) is 18.4. The van der Waals surface area contributed by atoms with E-state index < -0.39 is 0 Å². The molecule has 0 radical (unpaired) electrons. The molecule has 0 aliphatic heterocycles. The Labute approximate surface area is 153 Å². The predicted octanol–water partition coefficient (Wildman–Crippen LogP) is 4.25. The maximum atomic E-state index is 12.6. The molecule has 0 aliphatic carbocycles. The molecule has 6 heteroatoms. The van der Waals surface area contributed by atoms with Crippen molar-refractivity contribution in [2.75, 3.05) is 5.32 Å². The number of carbonyl (C=O) groups excluding carboxylic acids is 2. The van der Waals surface area contributed by atoms with Crippen molar-refractivity contribution >= 4 is 29.1 Å². The van der Waals surface area contributed by atoms with Gasteiger partial charge in [0.25, 0.3) is 0 Å². The second kappa shape index (κ2) is 8.85. The summed E-state index contributed by atoms with van der Waals surface area (Å²) in [6.07, 6.45) is 4.73. The van der Waals surface area contributed by atoms with Gasteiger partial charge in [-0.05, 0) is 37.6 Å². The lowest BCUT2D eigenvalue weighted by atomic mass is 10.1. The van der Waals surface area contributed by atoms with E-state index >= 15 is 0 Å². The van der Waals surface area contributed by atoms with Crippen molar-refractivity contribution in [1.29, 1.82) is 0 Å². The topological polar surface area (TPSA) is 64.0 Å². The number of carbonyl (C=O) groups is 2. The van der Waals surface area contributed by atoms with E-state index in [9.17, 15) is 9.59 Å². The molecule has 0 saturated heterocycles. The molecule has 2 rings (SSSR count). The van der Waals surface area contributed by atoms with Crippen LogP contribution in [0.1, 0.15) is 44.5 Å². The van der Waals surface area contributed by atoms with Crippen LogP contribution in [0, 0.1) is 5.92 Å². The van der Waals surface area contributed by atoms with Crippen LogP contribution in [0.2, 0.25) is 0 Å². The van der Waals surface area contributed by atoms with Crippen LogP contribution in [-0.4, -0.2) is 26.5 Å². The highest BCUT2D eigenvalue weighted by Crippen LogP contribution is 2.25. The van der Waals surface area contributed by atoms with Gasteiger partial charge in [-0.25, -0.2) is 4.98 Å². The molecule has 0 spiro atoms. The van der Waals surface area contributed by atoms with E-state index in [1.165, 1.54) is 11.8 Å². The maximum Gasteiger partial charge on any atom is 0.226 e. The third kappa shape index (κ3) is 5.19. The third-order valence-corrected chi connectivity index (χ3v) is 4.87. The lowest BCUT2D eigenvalue weighted by Gasteiger charge is -2.12. The average Bonchev–Trinajstić information content (AvgIpc) is 3.02. The summed E-state index contributed by atoms with van der Waals surface area (Å²) in [6, 6.07) is 7.05. The number of Topliss-reactive ketones (excluding diaryl/α,β-unsaturated/α-hetero) is 1. The van der Waals surface area contributed by atoms with Crippen molar-refractivity contribution in [2.24, 2.45) is 5.92 Å². The molecular formula is C19H25N3O2S. The largest absolute Gasteiger partial charge is 0.326 e. The number of aromatic nitrogens is 2. The van der Waals surface area contributed by atoms with Gasteiger partial charge < -0.3 is 9.88 Å². The van der Waals surface area contributed by atoms with E-state index in [-0.39, 0.29) is 22.9 Å². The molecule has 134 valence electrons. The second-order valence-electron chi connectivity index (χ2n) is 6.25. The van der Waals surface area contributed by atoms with Crippen LogP contribution in [0.25, 0.3) is 0 Å². The third-order valence-electron chi connectivity index (χ3n) is 3.75. The molecule has 2 aromatic rings. The second-order valence-corrected chi connectivity index (χ2v) is 7.56. The normalized spacial score (nSPS) is 12.2. The van der Waals surface area contributed by atoms with E-state index in [4.69, 9.17) is 0 Å². The Hall–Kier alpha value is -2.08. The van der Waals surface area contributed by atoms with Gasteiger partial charge in [-0.1, -0.05) is 32.5 Å². The number of aryl methyl sites for hydroxylation is 1. The number of amides is 1. The zero-order valence-corrected chi connectivity index (χ0v) is 16.0. The summed E-state index contributed by atoms with van der Waals surface area (Å²) in [5.74, 6) is -0.0619. The van der Waals surface area contributed by atoms with Gasteiger partial charge in [0.15, 0.2) is 10.9 Å². The monoisotopic (exact) mass is 359 g/mol. The van der Waals surface area contributed by atoms with Crippen molar-refractivity contribution in [3.05, 3.63) is 42.2 Å². The number of thioether (sulfide) groups is 1. The van der Waals surface area contributed by atoms with Crippen molar-refractivity contribution in [3.8, 4) is 0 Å². The molecule has 0 fully saturated rings. The van der Waals surface area contributed by atoms with Gasteiger partial charge in [-0.15, -0.1) is 0 Å². The summed E-state index contributed by atoms with van der Waals surface area (Å²) < 4.78 is 2.07. The van der Waals surface area contributed by atoms with Crippen molar-refractivity contribution < 1.29 is 9.59 Å². The fourth-order valence-corrected chi connectivity index (χ4v) is 3.24. The minimum atomic E-state index is -0.228. The molecule has 1 aromatic heterocycles. The van der Waals surface area contributed by atoms with E-state index in [1.54, 1.807) is 30.5 Å². The summed E-state index contributed by atoms with van der Waals surface area (Å²) in [6.45, 7) is 8.59. The SMILES string of the molecule is CCCn1ccnc1SC(C)C(=O)c1ccc(NC(=O)C(C)C)cc1. The number of benzene rings is 1. The zero-order valence-electron chi connectivity index (χ0n) is 15.2. The molecule has 25 heavy (non-hydrogen) atoms. The van der Waals surface area contributed by atoms with Crippen LogP contribution >= 0.6 is 11.8 Å². The summed E-state index contributed by atoms with van der Waals surface area (Å²) in [4.78, 5) is 28.7. The first-order chi connectivity index (χ1) is 11.9. The Morgan fingerprint density at radius 3 is 2.48 bits per heavy atom. The molecular weight excluding hydrogens is 334 g/mol. The highest BCUT2D eigenvalue weighted by Gasteiger charge is 2.19. The number of anilines is 1. The number of hydrogen-bond acceptors (Lipinski definition) is 4. The van der Waals surface area contributed by atoms with Crippen LogP contribution in [0.3, 0.4) is 0 Å². The van der Waals surface area contributed by atoms with E-state index in [0.717, 1.165) is 18.1 Å². The number of rotatable bonds is 8. The van der Waals surface area contributed by atoms with Crippen LogP contribution in [0.4, 0.5) is 5.69 Å². The highest BCUT2D eigenvalue weighted by molar-refractivity contribution is 8.00. The molecule has 0 saturated carbocycles. The number of imidazole rings is 1. The first kappa shape index (κ1) is 19.2. The summed E-state index contributed by atoms with van der Waals surface area (Å²) in [5, 5.41) is 3.46. The van der Waals surface area contributed by atoms with Gasteiger partial charge in [0.1, 0.15) is 0 Å². The van der Waals surface area contributed by atoms with Crippen LogP contribution in [-0.2, 0) is 11.3 Å². The fraction of sp³-hybridized carbons (Fsp3) is 0.421. The van der Waals surface area contributed by atoms with Gasteiger partial charge in [0.05, 0.1) is 5.25 Å². The number of ketones is 1. The van der Waals surface area contributed by atoms with Gasteiger partial charge >= 0.3 is 0 Å². The van der Waals surface area contributed by atoms with E-state index in [0.29, 0.717) is 11.3 Å². The predicted molar refractivity (Wildman–Crippen MR) is 102 cm³/mol.